The molecular weight excluding hydrogens is 452 g/mol. The van der Waals surface area contributed by atoms with Crippen LogP contribution in [0.2, 0.25) is 0 Å². The average Bonchev–Trinajstić information content (AvgIpc) is 3.24. The standard InChI is InChI=1S/C29H36N4O3/c1-5-36-22-15-13-21(14-16-22)17-33-27(34)26-30-24-10-6-7-12-25(24)32(26)18-29(33,4)28(35)31-23-11-8-9-19(2)20(23)3/h6-7,10,12-16,19-20,23H,5,8-9,11,17-18H2,1-4H3,(H,31,35)/t19-,20-,23+,29+/m0/s1. The lowest BCUT2D eigenvalue weighted by atomic mass is 9.77. The Hall–Kier alpha value is -3.35. The van der Waals surface area contributed by atoms with Crippen LogP contribution in [-0.4, -0.2) is 44.5 Å². The number of nitrogens with zero attached hydrogens (tertiary/aromatic N) is 3. The summed E-state index contributed by atoms with van der Waals surface area (Å²) in [4.78, 5) is 34.3. The Balaban J connectivity index is 1.51. The van der Waals surface area contributed by atoms with Crippen LogP contribution in [0.5, 0.6) is 5.75 Å². The zero-order valence-corrected chi connectivity index (χ0v) is 21.7. The number of fused-ring (bicyclic) bond motifs is 3. The normalized spacial score (nSPS) is 26.1. The fourth-order valence-corrected chi connectivity index (χ4v) is 5.73. The van der Waals surface area contributed by atoms with Crippen LogP contribution in [0.15, 0.2) is 48.5 Å². The number of ether oxygens (including phenoxy) is 1. The molecule has 2 aromatic carbocycles. The van der Waals surface area contributed by atoms with E-state index in [9.17, 15) is 9.59 Å². The first-order chi connectivity index (χ1) is 17.3. The second-order valence-electron chi connectivity index (χ2n) is 10.6. The molecule has 1 aliphatic heterocycles. The number of imidazole rings is 1. The number of rotatable bonds is 6. The molecular formula is C29H36N4O3. The lowest BCUT2D eigenvalue weighted by molar-refractivity contribution is -0.134. The van der Waals surface area contributed by atoms with Crippen molar-refractivity contribution >= 4 is 22.8 Å². The molecule has 0 unspecified atom stereocenters. The highest BCUT2D eigenvalue weighted by atomic mass is 16.5. The summed E-state index contributed by atoms with van der Waals surface area (Å²) >= 11 is 0. The molecule has 1 fully saturated rings. The van der Waals surface area contributed by atoms with Gasteiger partial charge in [0.05, 0.1) is 24.2 Å². The van der Waals surface area contributed by atoms with Gasteiger partial charge >= 0.3 is 0 Å². The number of para-hydroxylation sites is 2. The SMILES string of the molecule is CCOc1ccc(CN2C(=O)c3nc4ccccc4n3C[C@]2(C)C(=O)N[C@@H]2CCC[C@H](C)[C@@H]2C)cc1. The van der Waals surface area contributed by atoms with E-state index in [1.165, 1.54) is 6.42 Å². The number of carbonyl (C=O) groups excluding carboxylic acids is 2. The summed E-state index contributed by atoms with van der Waals surface area (Å²) in [6.07, 6.45) is 3.27. The average molecular weight is 489 g/mol. The minimum absolute atomic E-state index is 0.101. The van der Waals surface area contributed by atoms with Crippen LogP contribution in [0, 0.1) is 11.8 Å². The number of aromatic nitrogens is 2. The molecule has 0 spiro atoms. The molecule has 4 atom stereocenters. The molecule has 2 amide bonds. The van der Waals surface area contributed by atoms with Gasteiger partial charge in [-0.15, -0.1) is 0 Å². The number of amides is 2. The van der Waals surface area contributed by atoms with Gasteiger partial charge in [-0.05, 0) is 61.9 Å². The molecule has 1 aromatic heterocycles. The van der Waals surface area contributed by atoms with Gasteiger partial charge in [0.2, 0.25) is 5.91 Å². The quantitative estimate of drug-likeness (QED) is 0.541. The number of nitrogens with one attached hydrogen (secondary N) is 1. The lowest BCUT2D eigenvalue weighted by Crippen LogP contribution is -2.65. The molecule has 7 heteroatoms. The van der Waals surface area contributed by atoms with E-state index < -0.39 is 5.54 Å². The molecule has 7 nitrogen and oxygen atoms in total. The molecule has 0 radical (unpaired) electrons. The molecule has 1 aliphatic carbocycles. The minimum Gasteiger partial charge on any atom is -0.494 e. The maximum absolute atomic E-state index is 14.0. The molecule has 5 rings (SSSR count). The third-order valence-corrected chi connectivity index (χ3v) is 8.24. The highest BCUT2D eigenvalue weighted by Gasteiger charge is 2.49. The van der Waals surface area contributed by atoms with Gasteiger partial charge < -0.3 is 19.5 Å². The van der Waals surface area contributed by atoms with Gasteiger partial charge in [-0.25, -0.2) is 4.98 Å². The molecule has 36 heavy (non-hydrogen) atoms. The van der Waals surface area contributed by atoms with E-state index in [1.54, 1.807) is 4.90 Å². The van der Waals surface area contributed by atoms with E-state index in [0.717, 1.165) is 35.2 Å². The zero-order chi connectivity index (χ0) is 25.4. The molecule has 2 heterocycles. The fourth-order valence-electron chi connectivity index (χ4n) is 5.73. The fraction of sp³-hybridized carbons (Fsp3) is 0.483. The molecule has 190 valence electrons. The maximum atomic E-state index is 14.0. The molecule has 2 aliphatic rings. The predicted octanol–water partition coefficient (Wildman–Crippen LogP) is 4.79. The van der Waals surface area contributed by atoms with Crippen molar-refractivity contribution in [2.75, 3.05) is 6.61 Å². The van der Waals surface area contributed by atoms with Crippen molar-refractivity contribution in [2.24, 2.45) is 11.8 Å². The summed E-state index contributed by atoms with van der Waals surface area (Å²) in [5.41, 5.74) is 1.52. The summed E-state index contributed by atoms with van der Waals surface area (Å²) in [7, 11) is 0. The Labute approximate surface area is 212 Å². The first kappa shape index (κ1) is 24.3. The second kappa shape index (κ2) is 9.60. The molecule has 1 saturated carbocycles. The lowest BCUT2D eigenvalue weighted by Gasteiger charge is -2.45. The van der Waals surface area contributed by atoms with Crippen molar-refractivity contribution in [1.29, 1.82) is 0 Å². The molecule has 0 bridgehead atoms. The van der Waals surface area contributed by atoms with Crippen LogP contribution < -0.4 is 10.1 Å². The number of benzene rings is 2. The van der Waals surface area contributed by atoms with Gasteiger partial charge in [0.15, 0.2) is 5.82 Å². The molecule has 0 saturated heterocycles. The predicted molar refractivity (Wildman–Crippen MR) is 140 cm³/mol. The summed E-state index contributed by atoms with van der Waals surface area (Å²) < 4.78 is 7.49. The Bertz CT molecular complexity index is 1270. The van der Waals surface area contributed by atoms with Crippen LogP contribution in [0.25, 0.3) is 11.0 Å². The van der Waals surface area contributed by atoms with Gasteiger partial charge in [0.25, 0.3) is 5.91 Å². The summed E-state index contributed by atoms with van der Waals surface area (Å²) in [5, 5.41) is 3.36. The van der Waals surface area contributed by atoms with Gasteiger partial charge in [0.1, 0.15) is 11.3 Å². The van der Waals surface area contributed by atoms with Crippen LogP contribution in [0.3, 0.4) is 0 Å². The molecule has 3 aromatic rings. The van der Waals surface area contributed by atoms with E-state index in [4.69, 9.17) is 4.74 Å². The van der Waals surface area contributed by atoms with Crippen molar-refractivity contribution in [3.8, 4) is 5.75 Å². The number of hydrogen-bond donors (Lipinski definition) is 1. The number of carbonyl (C=O) groups is 2. The largest absolute Gasteiger partial charge is 0.494 e. The third kappa shape index (κ3) is 4.25. The molecule has 1 N–H and O–H groups in total. The van der Waals surface area contributed by atoms with Crippen molar-refractivity contribution in [2.45, 2.75) is 71.6 Å². The minimum atomic E-state index is -1.06. The van der Waals surface area contributed by atoms with Crippen molar-refractivity contribution in [3.05, 3.63) is 59.9 Å². The van der Waals surface area contributed by atoms with E-state index >= 15 is 0 Å². The van der Waals surface area contributed by atoms with Crippen LogP contribution in [-0.2, 0) is 17.9 Å². The van der Waals surface area contributed by atoms with Crippen molar-refractivity contribution in [1.82, 2.24) is 19.8 Å². The van der Waals surface area contributed by atoms with Crippen LogP contribution >= 0.6 is 0 Å². The van der Waals surface area contributed by atoms with E-state index in [1.807, 2.05) is 66.9 Å². The van der Waals surface area contributed by atoms with E-state index in [-0.39, 0.29) is 17.9 Å². The maximum Gasteiger partial charge on any atom is 0.291 e. The zero-order valence-electron chi connectivity index (χ0n) is 21.7. The Morgan fingerprint density at radius 1 is 1.14 bits per heavy atom. The topological polar surface area (TPSA) is 76.5 Å². The summed E-state index contributed by atoms with van der Waals surface area (Å²) in [6, 6.07) is 15.6. The van der Waals surface area contributed by atoms with Gasteiger partial charge in [0, 0.05) is 12.6 Å². The van der Waals surface area contributed by atoms with Crippen LogP contribution in [0.1, 0.15) is 63.1 Å². The van der Waals surface area contributed by atoms with Crippen LogP contribution in [0.4, 0.5) is 0 Å². The first-order valence-electron chi connectivity index (χ1n) is 13.1. The summed E-state index contributed by atoms with van der Waals surface area (Å²) in [6.45, 7) is 9.59. The van der Waals surface area contributed by atoms with Gasteiger partial charge in [-0.3, -0.25) is 9.59 Å². The van der Waals surface area contributed by atoms with Gasteiger partial charge in [-0.2, -0.15) is 0 Å². The number of hydrogen-bond acceptors (Lipinski definition) is 4. The highest BCUT2D eigenvalue weighted by molar-refractivity contribution is 6.01. The van der Waals surface area contributed by atoms with Crippen molar-refractivity contribution in [3.63, 3.8) is 0 Å². The third-order valence-electron chi connectivity index (χ3n) is 8.24. The highest BCUT2D eigenvalue weighted by Crippen LogP contribution is 2.34. The monoisotopic (exact) mass is 488 g/mol. The Kier molecular flexibility index (Phi) is 6.49. The first-order valence-corrected chi connectivity index (χ1v) is 13.1. The van der Waals surface area contributed by atoms with E-state index in [2.05, 4.69) is 24.1 Å². The smallest absolute Gasteiger partial charge is 0.291 e. The van der Waals surface area contributed by atoms with E-state index in [0.29, 0.717) is 37.4 Å². The van der Waals surface area contributed by atoms with Crippen molar-refractivity contribution < 1.29 is 14.3 Å². The Morgan fingerprint density at radius 3 is 2.64 bits per heavy atom. The summed E-state index contributed by atoms with van der Waals surface area (Å²) in [5.74, 6) is 1.80. The Morgan fingerprint density at radius 2 is 1.89 bits per heavy atom. The van der Waals surface area contributed by atoms with Gasteiger partial charge in [-0.1, -0.05) is 51.0 Å². The second-order valence-corrected chi connectivity index (χ2v) is 10.6.